The number of thiazole rings is 1. The largest absolute Gasteiger partial charge is 0.463 e. The summed E-state index contributed by atoms with van der Waals surface area (Å²) in [5, 5.41) is 0. The third kappa shape index (κ3) is 2.29. The number of hydrogen-bond acceptors (Lipinski definition) is 4. The molecule has 116 valence electrons. The fraction of sp³-hybridized carbons (Fsp3) is 0.167. The fourth-order valence-corrected chi connectivity index (χ4v) is 3.99. The van der Waals surface area contributed by atoms with Gasteiger partial charge in [-0.3, -0.25) is 4.40 Å². The van der Waals surface area contributed by atoms with E-state index in [9.17, 15) is 0 Å². The highest BCUT2D eigenvalue weighted by molar-refractivity contribution is 7.17. The van der Waals surface area contributed by atoms with Crippen molar-refractivity contribution >= 4 is 16.3 Å². The van der Waals surface area contributed by atoms with Gasteiger partial charge in [0.05, 0.1) is 17.7 Å². The minimum absolute atomic E-state index is 0.574. The van der Waals surface area contributed by atoms with Gasteiger partial charge < -0.3 is 10.2 Å². The molecule has 3 aromatic heterocycles. The Hall–Kier alpha value is -2.37. The third-order valence-electron chi connectivity index (χ3n) is 3.93. The lowest BCUT2D eigenvalue weighted by Gasteiger charge is -2.07. The predicted molar refractivity (Wildman–Crippen MR) is 93.7 cm³/mol. The first-order valence-electron chi connectivity index (χ1n) is 7.59. The van der Waals surface area contributed by atoms with Gasteiger partial charge in [0.25, 0.3) is 0 Å². The summed E-state index contributed by atoms with van der Waals surface area (Å²) in [6.45, 7) is 2.71. The van der Waals surface area contributed by atoms with Crippen LogP contribution in [0.4, 0.5) is 0 Å². The van der Waals surface area contributed by atoms with Gasteiger partial charge in [-0.15, -0.1) is 11.3 Å². The summed E-state index contributed by atoms with van der Waals surface area (Å²) in [5.41, 5.74) is 10.3. The minimum Gasteiger partial charge on any atom is -0.463 e. The van der Waals surface area contributed by atoms with E-state index in [0.29, 0.717) is 6.54 Å². The van der Waals surface area contributed by atoms with E-state index in [0.717, 1.165) is 28.5 Å². The molecule has 4 aromatic rings. The number of imidazole rings is 1. The van der Waals surface area contributed by atoms with Crippen molar-refractivity contribution in [1.82, 2.24) is 9.38 Å². The van der Waals surface area contributed by atoms with Gasteiger partial charge in [0.1, 0.15) is 5.69 Å². The topological polar surface area (TPSA) is 56.5 Å². The standard InChI is InChI=1S/C18H17N3OS/c1-12-17(13-6-3-2-4-7-13)21-14(9-10-19)16(20-18(21)23-12)15-8-5-11-22-15/h2-8,11H,9-10,19H2,1H3. The smallest absolute Gasteiger partial charge is 0.195 e. The van der Waals surface area contributed by atoms with Gasteiger partial charge in [-0.2, -0.15) is 0 Å². The van der Waals surface area contributed by atoms with Crippen molar-refractivity contribution in [3.63, 3.8) is 0 Å². The van der Waals surface area contributed by atoms with Crippen LogP contribution in [0.25, 0.3) is 27.7 Å². The van der Waals surface area contributed by atoms with E-state index in [1.165, 1.54) is 16.1 Å². The first-order valence-corrected chi connectivity index (χ1v) is 8.41. The van der Waals surface area contributed by atoms with Crippen molar-refractivity contribution < 1.29 is 4.42 Å². The molecule has 0 aliphatic rings. The highest BCUT2D eigenvalue weighted by Crippen LogP contribution is 2.36. The lowest BCUT2D eigenvalue weighted by atomic mass is 10.1. The number of aromatic nitrogens is 2. The van der Waals surface area contributed by atoms with Gasteiger partial charge in [0.15, 0.2) is 10.7 Å². The van der Waals surface area contributed by atoms with Crippen LogP contribution < -0.4 is 5.73 Å². The summed E-state index contributed by atoms with van der Waals surface area (Å²) in [7, 11) is 0. The molecular formula is C18H17N3OS. The lowest BCUT2D eigenvalue weighted by molar-refractivity contribution is 0.579. The zero-order valence-corrected chi connectivity index (χ0v) is 13.6. The molecule has 4 rings (SSSR count). The van der Waals surface area contributed by atoms with Crippen molar-refractivity contribution in [2.75, 3.05) is 6.54 Å². The van der Waals surface area contributed by atoms with Gasteiger partial charge in [0.2, 0.25) is 0 Å². The maximum absolute atomic E-state index is 5.86. The first-order chi connectivity index (χ1) is 11.3. The van der Waals surface area contributed by atoms with Crippen LogP contribution in [0.15, 0.2) is 53.1 Å². The molecule has 0 radical (unpaired) electrons. The molecule has 0 aliphatic heterocycles. The normalized spacial score (nSPS) is 11.4. The molecule has 0 bridgehead atoms. The minimum atomic E-state index is 0.574. The number of hydrogen-bond donors (Lipinski definition) is 1. The Balaban J connectivity index is 2.02. The first kappa shape index (κ1) is 14.2. The van der Waals surface area contributed by atoms with Gasteiger partial charge >= 0.3 is 0 Å². The number of aryl methyl sites for hydroxylation is 1. The van der Waals surface area contributed by atoms with Gasteiger partial charge in [-0.1, -0.05) is 30.3 Å². The summed E-state index contributed by atoms with van der Waals surface area (Å²) in [6, 6.07) is 14.3. The Bertz CT molecular complexity index is 936. The lowest BCUT2D eigenvalue weighted by Crippen LogP contribution is -2.06. The van der Waals surface area contributed by atoms with Crippen LogP contribution in [0.3, 0.4) is 0 Å². The molecule has 0 amide bonds. The van der Waals surface area contributed by atoms with Crippen LogP contribution in [0, 0.1) is 6.92 Å². The Morgan fingerprint density at radius 3 is 2.70 bits per heavy atom. The molecule has 0 aliphatic carbocycles. The highest BCUT2D eigenvalue weighted by Gasteiger charge is 2.21. The molecule has 0 unspecified atom stereocenters. The molecule has 1 aromatic carbocycles. The van der Waals surface area contributed by atoms with Crippen LogP contribution in [-0.4, -0.2) is 15.9 Å². The molecule has 0 spiro atoms. The number of rotatable bonds is 4. The number of benzene rings is 1. The molecule has 0 saturated heterocycles. The van der Waals surface area contributed by atoms with E-state index in [2.05, 4.69) is 35.6 Å². The second kappa shape index (κ2) is 5.68. The van der Waals surface area contributed by atoms with Crippen LogP contribution in [0.1, 0.15) is 10.6 Å². The average molecular weight is 323 g/mol. The highest BCUT2D eigenvalue weighted by atomic mass is 32.1. The Morgan fingerprint density at radius 2 is 2.00 bits per heavy atom. The number of nitrogens with two attached hydrogens (primary N) is 1. The number of furan rings is 1. The third-order valence-corrected chi connectivity index (χ3v) is 4.88. The SMILES string of the molecule is Cc1sc2nc(-c3ccco3)c(CCN)n2c1-c1ccccc1. The number of nitrogens with zero attached hydrogens (tertiary/aromatic N) is 2. The quantitative estimate of drug-likeness (QED) is 0.614. The van der Waals surface area contributed by atoms with E-state index in [1.54, 1.807) is 17.6 Å². The van der Waals surface area contributed by atoms with Crippen LogP contribution in [0.5, 0.6) is 0 Å². The molecule has 0 atom stereocenters. The molecule has 4 nitrogen and oxygen atoms in total. The Labute approximate surface area is 138 Å². The molecule has 0 saturated carbocycles. The molecule has 0 fully saturated rings. The van der Waals surface area contributed by atoms with E-state index in [-0.39, 0.29) is 0 Å². The van der Waals surface area contributed by atoms with E-state index < -0.39 is 0 Å². The second-order valence-electron chi connectivity index (χ2n) is 5.41. The van der Waals surface area contributed by atoms with Crippen LogP contribution >= 0.6 is 11.3 Å². The van der Waals surface area contributed by atoms with Gasteiger partial charge in [-0.05, 0) is 31.2 Å². The Kier molecular flexibility index (Phi) is 3.52. The predicted octanol–water partition coefficient (Wildman–Crippen LogP) is 4.13. The van der Waals surface area contributed by atoms with Crippen molar-refractivity contribution in [3.05, 3.63) is 59.3 Å². The summed E-state index contributed by atoms with van der Waals surface area (Å²) in [4.78, 5) is 7.05. The molecular weight excluding hydrogens is 306 g/mol. The van der Waals surface area contributed by atoms with Crippen molar-refractivity contribution in [2.45, 2.75) is 13.3 Å². The monoisotopic (exact) mass is 323 g/mol. The van der Waals surface area contributed by atoms with Crippen LogP contribution in [0.2, 0.25) is 0 Å². The summed E-state index contributed by atoms with van der Waals surface area (Å²) >= 11 is 1.70. The van der Waals surface area contributed by atoms with Gasteiger partial charge in [-0.25, -0.2) is 4.98 Å². The fourth-order valence-electron chi connectivity index (χ4n) is 2.98. The number of fused-ring (bicyclic) bond motifs is 1. The average Bonchev–Trinajstić information content (AvgIpc) is 3.25. The second-order valence-corrected chi connectivity index (χ2v) is 6.60. The Morgan fingerprint density at radius 1 is 1.17 bits per heavy atom. The molecule has 23 heavy (non-hydrogen) atoms. The zero-order chi connectivity index (χ0) is 15.8. The summed E-state index contributed by atoms with van der Waals surface area (Å²) < 4.78 is 7.81. The molecule has 3 heterocycles. The van der Waals surface area contributed by atoms with Crippen molar-refractivity contribution in [1.29, 1.82) is 0 Å². The van der Waals surface area contributed by atoms with Crippen LogP contribution in [-0.2, 0) is 6.42 Å². The van der Waals surface area contributed by atoms with Gasteiger partial charge in [0, 0.05) is 11.3 Å². The zero-order valence-electron chi connectivity index (χ0n) is 12.8. The van der Waals surface area contributed by atoms with E-state index in [4.69, 9.17) is 15.1 Å². The van der Waals surface area contributed by atoms with E-state index >= 15 is 0 Å². The maximum atomic E-state index is 5.86. The summed E-state index contributed by atoms with van der Waals surface area (Å²) in [6.07, 6.45) is 2.44. The maximum Gasteiger partial charge on any atom is 0.195 e. The molecule has 5 heteroatoms. The molecule has 2 N–H and O–H groups in total. The van der Waals surface area contributed by atoms with Crippen molar-refractivity contribution in [3.8, 4) is 22.7 Å². The van der Waals surface area contributed by atoms with E-state index in [1.807, 2.05) is 18.2 Å². The summed E-state index contributed by atoms with van der Waals surface area (Å²) in [5.74, 6) is 0.793. The van der Waals surface area contributed by atoms with Crippen molar-refractivity contribution in [2.24, 2.45) is 5.73 Å².